The van der Waals surface area contributed by atoms with E-state index in [2.05, 4.69) is 4.98 Å². The van der Waals surface area contributed by atoms with Crippen LogP contribution in [-0.2, 0) is 11.3 Å². The molecule has 4 nitrogen and oxygen atoms in total. The third-order valence-electron chi connectivity index (χ3n) is 2.79. The van der Waals surface area contributed by atoms with Crippen LogP contribution in [0.2, 0.25) is 0 Å². The van der Waals surface area contributed by atoms with Gasteiger partial charge in [0.05, 0.1) is 5.92 Å². The van der Waals surface area contributed by atoms with E-state index in [1.807, 2.05) is 17.0 Å². The van der Waals surface area contributed by atoms with E-state index in [1.165, 1.54) is 0 Å². The highest BCUT2D eigenvalue weighted by atomic mass is 16.2. The van der Waals surface area contributed by atoms with Crippen molar-refractivity contribution in [3.8, 4) is 0 Å². The van der Waals surface area contributed by atoms with Gasteiger partial charge >= 0.3 is 0 Å². The first-order valence-corrected chi connectivity index (χ1v) is 5.19. The molecular weight excluding hydrogens is 190 g/mol. The average molecular weight is 205 g/mol. The lowest BCUT2D eigenvalue weighted by Crippen LogP contribution is -2.29. The molecule has 1 aliphatic heterocycles. The van der Waals surface area contributed by atoms with Gasteiger partial charge in [-0.05, 0) is 18.1 Å². The molecule has 1 fully saturated rings. The van der Waals surface area contributed by atoms with Crippen molar-refractivity contribution < 1.29 is 4.79 Å². The fourth-order valence-electron chi connectivity index (χ4n) is 1.89. The number of amides is 1. The van der Waals surface area contributed by atoms with Crippen molar-refractivity contribution >= 4 is 5.91 Å². The molecule has 1 unspecified atom stereocenters. The maximum absolute atomic E-state index is 11.8. The Labute approximate surface area is 89.1 Å². The molecule has 0 radical (unpaired) electrons. The number of rotatable bonds is 3. The summed E-state index contributed by atoms with van der Waals surface area (Å²) in [6, 6.07) is 3.87. The molecule has 0 saturated carbocycles. The normalized spacial score (nSPS) is 21.0. The topological polar surface area (TPSA) is 59.2 Å². The molecule has 2 heterocycles. The molecule has 80 valence electrons. The first-order valence-electron chi connectivity index (χ1n) is 5.19. The number of nitrogens with zero attached hydrogens (tertiary/aromatic N) is 2. The maximum Gasteiger partial charge on any atom is 0.227 e. The van der Waals surface area contributed by atoms with Crippen molar-refractivity contribution in [2.75, 3.05) is 13.1 Å². The molecule has 2 N–H and O–H groups in total. The molecule has 0 aliphatic carbocycles. The molecule has 1 aromatic rings. The molecule has 0 spiro atoms. The van der Waals surface area contributed by atoms with Gasteiger partial charge in [-0.1, -0.05) is 6.07 Å². The molecule has 1 aliphatic rings. The second-order valence-electron chi connectivity index (χ2n) is 3.84. The lowest BCUT2D eigenvalue weighted by atomic mass is 10.1. The smallest absolute Gasteiger partial charge is 0.227 e. The van der Waals surface area contributed by atoms with E-state index in [1.54, 1.807) is 12.4 Å². The quantitative estimate of drug-likeness (QED) is 0.776. The molecule has 0 bridgehead atoms. The maximum atomic E-state index is 11.8. The summed E-state index contributed by atoms with van der Waals surface area (Å²) in [5, 5.41) is 0. The standard InChI is InChI=1S/C11H15N3O/c12-6-10-3-5-14(11(10)15)8-9-2-1-4-13-7-9/h1-2,4,7,10H,3,5-6,8,12H2. The van der Waals surface area contributed by atoms with E-state index in [0.29, 0.717) is 13.1 Å². The van der Waals surface area contributed by atoms with E-state index in [0.717, 1.165) is 18.5 Å². The lowest BCUT2D eigenvalue weighted by Gasteiger charge is -2.16. The average Bonchev–Trinajstić information content (AvgIpc) is 2.62. The van der Waals surface area contributed by atoms with E-state index in [-0.39, 0.29) is 11.8 Å². The summed E-state index contributed by atoms with van der Waals surface area (Å²) in [6.45, 7) is 1.93. The predicted molar refractivity (Wildman–Crippen MR) is 56.8 cm³/mol. The highest BCUT2D eigenvalue weighted by Crippen LogP contribution is 2.18. The molecule has 1 atom stereocenters. The van der Waals surface area contributed by atoms with Crippen LogP contribution in [0.15, 0.2) is 24.5 Å². The highest BCUT2D eigenvalue weighted by Gasteiger charge is 2.29. The summed E-state index contributed by atoms with van der Waals surface area (Å²) < 4.78 is 0. The van der Waals surface area contributed by atoms with Crippen LogP contribution in [0, 0.1) is 5.92 Å². The Morgan fingerprint density at radius 3 is 3.07 bits per heavy atom. The Hall–Kier alpha value is -1.42. The fraction of sp³-hybridized carbons (Fsp3) is 0.455. The minimum absolute atomic E-state index is 0.0293. The summed E-state index contributed by atoms with van der Waals surface area (Å²) in [5.41, 5.74) is 6.59. The SMILES string of the molecule is NCC1CCN(Cc2cccnc2)C1=O. The Morgan fingerprint density at radius 1 is 1.60 bits per heavy atom. The number of nitrogens with two attached hydrogens (primary N) is 1. The number of hydrogen-bond acceptors (Lipinski definition) is 3. The number of likely N-dealkylation sites (tertiary alicyclic amines) is 1. The van der Waals surface area contributed by atoms with Crippen molar-refractivity contribution in [3.05, 3.63) is 30.1 Å². The minimum atomic E-state index is 0.0293. The number of carbonyl (C=O) groups is 1. The zero-order valence-corrected chi connectivity index (χ0v) is 8.60. The Balaban J connectivity index is 2.00. The summed E-state index contributed by atoms with van der Waals surface area (Å²) in [7, 11) is 0. The van der Waals surface area contributed by atoms with Crippen LogP contribution >= 0.6 is 0 Å². The zero-order chi connectivity index (χ0) is 10.7. The molecule has 1 aromatic heterocycles. The zero-order valence-electron chi connectivity index (χ0n) is 8.60. The molecule has 1 amide bonds. The van der Waals surface area contributed by atoms with Crippen LogP contribution in [0.3, 0.4) is 0 Å². The van der Waals surface area contributed by atoms with Crippen molar-refractivity contribution in [2.24, 2.45) is 11.7 Å². The Morgan fingerprint density at radius 2 is 2.47 bits per heavy atom. The highest BCUT2D eigenvalue weighted by molar-refractivity contribution is 5.81. The molecular formula is C11H15N3O. The van der Waals surface area contributed by atoms with Gasteiger partial charge in [-0.2, -0.15) is 0 Å². The van der Waals surface area contributed by atoms with Gasteiger partial charge in [-0.25, -0.2) is 0 Å². The van der Waals surface area contributed by atoms with E-state index < -0.39 is 0 Å². The lowest BCUT2D eigenvalue weighted by molar-refractivity contribution is -0.131. The number of carbonyl (C=O) groups excluding carboxylic acids is 1. The molecule has 1 saturated heterocycles. The van der Waals surface area contributed by atoms with Crippen molar-refractivity contribution in [1.29, 1.82) is 0 Å². The third-order valence-corrected chi connectivity index (χ3v) is 2.79. The first-order chi connectivity index (χ1) is 7.31. The van der Waals surface area contributed by atoms with Gasteiger partial charge in [0, 0.05) is 32.0 Å². The summed E-state index contributed by atoms with van der Waals surface area (Å²) in [5.74, 6) is 0.211. The second kappa shape index (κ2) is 4.40. The van der Waals surface area contributed by atoms with Gasteiger partial charge in [0.1, 0.15) is 0 Å². The number of hydrogen-bond donors (Lipinski definition) is 1. The van der Waals surface area contributed by atoms with Crippen LogP contribution in [0.25, 0.3) is 0 Å². The van der Waals surface area contributed by atoms with Gasteiger partial charge < -0.3 is 10.6 Å². The van der Waals surface area contributed by atoms with Crippen molar-refractivity contribution in [2.45, 2.75) is 13.0 Å². The van der Waals surface area contributed by atoms with Gasteiger partial charge in [0.15, 0.2) is 0 Å². The minimum Gasteiger partial charge on any atom is -0.338 e. The second-order valence-corrected chi connectivity index (χ2v) is 3.84. The Kier molecular flexibility index (Phi) is 2.97. The van der Waals surface area contributed by atoms with Gasteiger partial charge in [-0.3, -0.25) is 9.78 Å². The van der Waals surface area contributed by atoms with Crippen molar-refractivity contribution in [3.63, 3.8) is 0 Å². The van der Waals surface area contributed by atoms with Crippen LogP contribution in [-0.4, -0.2) is 28.9 Å². The van der Waals surface area contributed by atoms with Crippen LogP contribution < -0.4 is 5.73 Å². The molecule has 0 aromatic carbocycles. The van der Waals surface area contributed by atoms with Gasteiger partial charge in [-0.15, -0.1) is 0 Å². The number of aromatic nitrogens is 1. The van der Waals surface area contributed by atoms with E-state index in [9.17, 15) is 4.79 Å². The van der Waals surface area contributed by atoms with E-state index in [4.69, 9.17) is 5.73 Å². The van der Waals surface area contributed by atoms with Gasteiger partial charge in [0.2, 0.25) is 5.91 Å². The first kappa shape index (κ1) is 10.1. The number of pyridine rings is 1. The van der Waals surface area contributed by atoms with Gasteiger partial charge in [0.25, 0.3) is 0 Å². The van der Waals surface area contributed by atoms with Crippen LogP contribution in [0.5, 0.6) is 0 Å². The monoisotopic (exact) mass is 205 g/mol. The molecule has 4 heteroatoms. The van der Waals surface area contributed by atoms with Crippen molar-refractivity contribution in [1.82, 2.24) is 9.88 Å². The summed E-state index contributed by atoms with van der Waals surface area (Å²) in [4.78, 5) is 17.7. The summed E-state index contributed by atoms with van der Waals surface area (Å²) >= 11 is 0. The molecule has 15 heavy (non-hydrogen) atoms. The van der Waals surface area contributed by atoms with Crippen LogP contribution in [0.1, 0.15) is 12.0 Å². The largest absolute Gasteiger partial charge is 0.338 e. The predicted octanol–water partition coefficient (Wildman–Crippen LogP) is 0.389. The molecule has 2 rings (SSSR count). The van der Waals surface area contributed by atoms with E-state index >= 15 is 0 Å². The summed E-state index contributed by atoms with van der Waals surface area (Å²) in [6.07, 6.45) is 4.41. The van der Waals surface area contributed by atoms with Crippen LogP contribution in [0.4, 0.5) is 0 Å². The fourth-order valence-corrected chi connectivity index (χ4v) is 1.89. The Bertz CT molecular complexity index is 339. The third kappa shape index (κ3) is 2.15.